The summed E-state index contributed by atoms with van der Waals surface area (Å²) in [4.78, 5) is 13.6. The van der Waals surface area contributed by atoms with E-state index in [0.29, 0.717) is 11.8 Å². The summed E-state index contributed by atoms with van der Waals surface area (Å²) in [6, 6.07) is 0. The summed E-state index contributed by atoms with van der Waals surface area (Å²) < 4.78 is 2.24. The van der Waals surface area contributed by atoms with E-state index in [-0.39, 0.29) is 0 Å². The van der Waals surface area contributed by atoms with Crippen LogP contribution in [0.5, 0.6) is 0 Å². The van der Waals surface area contributed by atoms with E-state index in [4.69, 9.17) is 0 Å². The number of hydrogen-bond donors (Lipinski definition) is 0. The summed E-state index contributed by atoms with van der Waals surface area (Å²) in [6.45, 7) is 3.91. The minimum atomic E-state index is 0.394. The van der Waals surface area contributed by atoms with Gasteiger partial charge in [0, 0.05) is 55.0 Å². The fourth-order valence-electron chi connectivity index (χ4n) is 1.49. The van der Waals surface area contributed by atoms with Crippen molar-refractivity contribution in [3.8, 4) is 0 Å². The number of amides is 1. The Balaban J connectivity index is 1.84. The zero-order valence-corrected chi connectivity index (χ0v) is 9.16. The van der Waals surface area contributed by atoms with Gasteiger partial charge in [-0.2, -0.15) is 0 Å². The molecule has 0 atom stereocenters. The van der Waals surface area contributed by atoms with Crippen molar-refractivity contribution in [2.45, 2.75) is 12.8 Å². The number of nitrogens with zero attached hydrogens (tertiary/aromatic N) is 2. The summed E-state index contributed by atoms with van der Waals surface area (Å²) in [7, 11) is 0. The maximum atomic E-state index is 11.6. The van der Waals surface area contributed by atoms with Crippen molar-refractivity contribution >= 4 is 28.8 Å². The molecule has 2 aliphatic rings. The van der Waals surface area contributed by atoms with Crippen LogP contribution in [0.1, 0.15) is 12.8 Å². The highest BCUT2D eigenvalue weighted by Crippen LogP contribution is 2.31. The molecule has 0 radical (unpaired) electrons. The van der Waals surface area contributed by atoms with E-state index in [1.807, 2.05) is 4.90 Å². The largest absolute Gasteiger partial charge is 0.340 e. The fourth-order valence-corrected chi connectivity index (χ4v) is 1.92. The Morgan fingerprint density at radius 2 is 1.75 bits per heavy atom. The Labute approximate surface area is 86.6 Å². The number of carbonyl (C=O) groups excluding carboxylic acids is 1. The smallest absolute Gasteiger partial charge is 0.225 e. The first-order valence-corrected chi connectivity index (χ1v) is 5.43. The Kier molecular flexibility index (Phi) is 2.55. The quantitative estimate of drug-likeness (QED) is 0.526. The molecule has 3 nitrogen and oxygen atoms in total. The number of piperazine rings is 1. The molecule has 2 rings (SSSR count). The van der Waals surface area contributed by atoms with E-state index in [9.17, 15) is 4.79 Å². The van der Waals surface area contributed by atoms with Crippen LogP contribution < -0.4 is 0 Å². The molecular formula is C8H13IN2O. The molecule has 1 heterocycles. The first kappa shape index (κ1) is 8.74. The van der Waals surface area contributed by atoms with Gasteiger partial charge in [0.1, 0.15) is 0 Å². The molecule has 0 unspecified atom stereocenters. The lowest BCUT2D eigenvalue weighted by Gasteiger charge is -2.31. The zero-order valence-electron chi connectivity index (χ0n) is 7.00. The van der Waals surface area contributed by atoms with Crippen LogP contribution in [0.4, 0.5) is 0 Å². The van der Waals surface area contributed by atoms with Crippen molar-refractivity contribution in [1.82, 2.24) is 8.01 Å². The van der Waals surface area contributed by atoms with Crippen molar-refractivity contribution < 1.29 is 4.79 Å². The van der Waals surface area contributed by atoms with Gasteiger partial charge < -0.3 is 4.90 Å². The molecule has 68 valence electrons. The van der Waals surface area contributed by atoms with Gasteiger partial charge in [-0.1, -0.05) is 0 Å². The van der Waals surface area contributed by atoms with Gasteiger partial charge in [-0.15, -0.1) is 0 Å². The molecule has 1 saturated carbocycles. The van der Waals surface area contributed by atoms with Crippen LogP contribution in [0.2, 0.25) is 0 Å². The molecule has 0 aromatic heterocycles. The molecule has 0 N–H and O–H groups in total. The maximum absolute atomic E-state index is 11.6. The lowest BCUT2D eigenvalue weighted by Crippen LogP contribution is -2.45. The van der Waals surface area contributed by atoms with Crippen LogP contribution in [-0.4, -0.2) is 40.1 Å². The molecular weight excluding hydrogens is 267 g/mol. The van der Waals surface area contributed by atoms with Gasteiger partial charge in [-0.3, -0.25) is 4.79 Å². The average Bonchev–Trinajstić information content (AvgIpc) is 2.87. The first-order chi connectivity index (χ1) is 5.77. The average molecular weight is 280 g/mol. The van der Waals surface area contributed by atoms with Crippen LogP contribution in [0, 0.1) is 5.92 Å². The highest BCUT2D eigenvalue weighted by Gasteiger charge is 2.34. The maximum Gasteiger partial charge on any atom is 0.225 e. The van der Waals surface area contributed by atoms with E-state index in [2.05, 4.69) is 26.0 Å². The second-order valence-corrected chi connectivity index (χ2v) is 4.87. The van der Waals surface area contributed by atoms with Crippen molar-refractivity contribution in [3.05, 3.63) is 0 Å². The molecule has 1 amide bonds. The highest BCUT2D eigenvalue weighted by atomic mass is 127. The highest BCUT2D eigenvalue weighted by molar-refractivity contribution is 14.1. The Hall–Kier alpha value is 0.160. The van der Waals surface area contributed by atoms with E-state index < -0.39 is 0 Å². The molecule has 1 aliphatic heterocycles. The van der Waals surface area contributed by atoms with Crippen LogP contribution in [0.3, 0.4) is 0 Å². The van der Waals surface area contributed by atoms with Crippen molar-refractivity contribution in [3.63, 3.8) is 0 Å². The van der Waals surface area contributed by atoms with Crippen LogP contribution >= 0.6 is 22.9 Å². The molecule has 0 spiro atoms. The summed E-state index contributed by atoms with van der Waals surface area (Å²) in [5.41, 5.74) is 0. The second kappa shape index (κ2) is 3.49. The zero-order chi connectivity index (χ0) is 8.55. The SMILES string of the molecule is O=C(C1CC1)N1CCN(I)CC1. The Morgan fingerprint density at radius 1 is 1.17 bits per heavy atom. The van der Waals surface area contributed by atoms with Crippen LogP contribution in [-0.2, 0) is 4.79 Å². The lowest BCUT2D eigenvalue weighted by atomic mass is 10.3. The summed E-state index contributed by atoms with van der Waals surface area (Å²) in [6.07, 6.45) is 2.26. The van der Waals surface area contributed by atoms with Crippen LogP contribution in [0.15, 0.2) is 0 Å². The van der Waals surface area contributed by atoms with Gasteiger partial charge >= 0.3 is 0 Å². The number of carbonyl (C=O) groups is 1. The molecule has 1 saturated heterocycles. The summed E-state index contributed by atoms with van der Waals surface area (Å²) >= 11 is 2.32. The Bertz CT molecular complexity index is 185. The minimum absolute atomic E-state index is 0.394. The second-order valence-electron chi connectivity index (χ2n) is 3.51. The molecule has 0 bridgehead atoms. The van der Waals surface area contributed by atoms with Gasteiger partial charge in [0.25, 0.3) is 0 Å². The Morgan fingerprint density at radius 3 is 2.25 bits per heavy atom. The summed E-state index contributed by atoms with van der Waals surface area (Å²) in [5, 5.41) is 0. The number of halogens is 1. The lowest BCUT2D eigenvalue weighted by molar-refractivity contribution is -0.133. The molecule has 12 heavy (non-hydrogen) atoms. The third-order valence-corrected chi connectivity index (χ3v) is 3.43. The number of rotatable bonds is 1. The fraction of sp³-hybridized carbons (Fsp3) is 0.875. The third kappa shape index (κ3) is 1.90. The first-order valence-electron chi connectivity index (χ1n) is 4.47. The van der Waals surface area contributed by atoms with Gasteiger partial charge in [-0.25, -0.2) is 3.11 Å². The molecule has 1 aliphatic carbocycles. The van der Waals surface area contributed by atoms with E-state index in [0.717, 1.165) is 39.0 Å². The molecule has 2 fully saturated rings. The molecule has 0 aromatic carbocycles. The summed E-state index contributed by atoms with van der Waals surface area (Å²) in [5.74, 6) is 0.797. The van der Waals surface area contributed by atoms with Gasteiger partial charge in [0.2, 0.25) is 5.91 Å². The molecule has 0 aromatic rings. The normalized spacial score (nSPS) is 25.9. The standard InChI is InChI=1S/C8H13IN2O/c9-11-5-3-10(4-6-11)8(12)7-1-2-7/h7H,1-6H2. The third-order valence-electron chi connectivity index (χ3n) is 2.46. The van der Waals surface area contributed by atoms with Gasteiger partial charge in [0.05, 0.1) is 0 Å². The molecule has 4 heteroatoms. The minimum Gasteiger partial charge on any atom is -0.340 e. The van der Waals surface area contributed by atoms with E-state index >= 15 is 0 Å². The predicted octanol–water partition coefficient (Wildman–Crippen LogP) is 0.891. The van der Waals surface area contributed by atoms with Crippen molar-refractivity contribution in [1.29, 1.82) is 0 Å². The van der Waals surface area contributed by atoms with E-state index in [1.54, 1.807) is 0 Å². The number of hydrogen-bond acceptors (Lipinski definition) is 2. The van der Waals surface area contributed by atoms with Gasteiger partial charge in [0.15, 0.2) is 0 Å². The monoisotopic (exact) mass is 280 g/mol. The van der Waals surface area contributed by atoms with E-state index in [1.165, 1.54) is 0 Å². The predicted molar refractivity (Wildman–Crippen MR) is 54.9 cm³/mol. The van der Waals surface area contributed by atoms with Gasteiger partial charge in [-0.05, 0) is 12.8 Å². The van der Waals surface area contributed by atoms with Crippen molar-refractivity contribution in [2.75, 3.05) is 26.2 Å². The van der Waals surface area contributed by atoms with Crippen molar-refractivity contribution in [2.24, 2.45) is 5.92 Å². The van der Waals surface area contributed by atoms with Crippen LogP contribution in [0.25, 0.3) is 0 Å². The topological polar surface area (TPSA) is 23.6 Å².